The van der Waals surface area contributed by atoms with Crippen LogP contribution in [0.15, 0.2) is 54.9 Å². The van der Waals surface area contributed by atoms with Crippen molar-refractivity contribution in [2.45, 2.75) is 25.4 Å². The minimum absolute atomic E-state index is 0.235. The highest BCUT2D eigenvalue weighted by Crippen LogP contribution is 2.26. The molecule has 1 fully saturated rings. The Morgan fingerprint density at radius 1 is 1.00 bits per heavy atom. The van der Waals surface area contributed by atoms with E-state index in [1.807, 2.05) is 18.2 Å². The van der Waals surface area contributed by atoms with E-state index in [-0.39, 0.29) is 5.82 Å². The van der Waals surface area contributed by atoms with Gasteiger partial charge in [0.2, 0.25) is 5.95 Å². The first-order valence-corrected chi connectivity index (χ1v) is 8.30. The highest BCUT2D eigenvalue weighted by molar-refractivity contribution is 5.64. The molecule has 6 heteroatoms. The van der Waals surface area contributed by atoms with E-state index in [2.05, 4.69) is 25.6 Å². The molecule has 25 heavy (non-hydrogen) atoms. The Labute approximate surface area is 145 Å². The van der Waals surface area contributed by atoms with Crippen LogP contribution in [0, 0.1) is 5.82 Å². The second kappa shape index (κ2) is 6.84. The molecule has 0 spiro atoms. The van der Waals surface area contributed by atoms with Crippen LogP contribution in [-0.4, -0.2) is 21.0 Å². The zero-order chi connectivity index (χ0) is 17.1. The van der Waals surface area contributed by atoms with Gasteiger partial charge in [-0.15, -0.1) is 0 Å². The van der Waals surface area contributed by atoms with Gasteiger partial charge in [0.05, 0.1) is 5.69 Å². The van der Waals surface area contributed by atoms with Crippen LogP contribution in [0.1, 0.15) is 18.4 Å². The molecule has 2 heterocycles. The summed E-state index contributed by atoms with van der Waals surface area (Å²) in [6, 6.07) is 12.7. The molecule has 1 aliphatic rings. The first-order chi connectivity index (χ1) is 12.3. The molecule has 1 aliphatic carbocycles. The Kier molecular flexibility index (Phi) is 4.24. The van der Waals surface area contributed by atoms with Gasteiger partial charge in [-0.05, 0) is 42.7 Å². The number of hydrogen-bond donors (Lipinski definition) is 2. The van der Waals surface area contributed by atoms with Crippen molar-refractivity contribution >= 4 is 11.8 Å². The maximum atomic E-state index is 13.0. The molecule has 3 aromatic rings. The number of rotatable bonds is 6. The van der Waals surface area contributed by atoms with Crippen molar-refractivity contribution in [3.8, 4) is 11.3 Å². The maximum absolute atomic E-state index is 13.0. The van der Waals surface area contributed by atoms with Crippen molar-refractivity contribution in [3.63, 3.8) is 0 Å². The van der Waals surface area contributed by atoms with Crippen molar-refractivity contribution in [3.05, 3.63) is 66.2 Å². The third kappa shape index (κ3) is 4.09. The zero-order valence-electron chi connectivity index (χ0n) is 13.6. The average molecular weight is 335 g/mol. The third-order valence-electron chi connectivity index (χ3n) is 4.00. The van der Waals surface area contributed by atoms with Gasteiger partial charge in [0.25, 0.3) is 0 Å². The number of anilines is 2. The quantitative estimate of drug-likeness (QED) is 0.716. The lowest BCUT2D eigenvalue weighted by molar-refractivity contribution is 0.627. The van der Waals surface area contributed by atoms with E-state index in [1.54, 1.807) is 24.5 Å². The predicted molar refractivity (Wildman–Crippen MR) is 95.6 cm³/mol. The molecule has 126 valence electrons. The molecule has 2 N–H and O–H groups in total. The fourth-order valence-corrected chi connectivity index (χ4v) is 2.48. The van der Waals surface area contributed by atoms with Gasteiger partial charge >= 0.3 is 0 Å². The highest BCUT2D eigenvalue weighted by Gasteiger charge is 2.22. The lowest BCUT2D eigenvalue weighted by Gasteiger charge is -2.11. The summed E-state index contributed by atoms with van der Waals surface area (Å²) < 4.78 is 13.0. The van der Waals surface area contributed by atoms with Gasteiger partial charge in [-0.1, -0.05) is 12.1 Å². The Morgan fingerprint density at radius 3 is 2.48 bits per heavy atom. The zero-order valence-corrected chi connectivity index (χ0v) is 13.6. The Balaban J connectivity index is 1.57. The SMILES string of the molecule is Fc1ccc(CNc2cc(-c3ccncc3)nc(NC3CC3)n2)cc1. The summed E-state index contributed by atoms with van der Waals surface area (Å²) in [5.74, 6) is 1.12. The first kappa shape index (κ1) is 15.5. The van der Waals surface area contributed by atoms with Crippen molar-refractivity contribution in [1.29, 1.82) is 0 Å². The molecule has 2 aromatic heterocycles. The van der Waals surface area contributed by atoms with Gasteiger partial charge < -0.3 is 10.6 Å². The van der Waals surface area contributed by atoms with Gasteiger partial charge in [0.1, 0.15) is 11.6 Å². The van der Waals surface area contributed by atoms with Crippen molar-refractivity contribution in [2.75, 3.05) is 10.6 Å². The average Bonchev–Trinajstić information content (AvgIpc) is 3.46. The van der Waals surface area contributed by atoms with Crippen LogP contribution in [0.4, 0.5) is 16.2 Å². The molecule has 1 saturated carbocycles. The number of hydrogen-bond acceptors (Lipinski definition) is 5. The molecule has 0 unspecified atom stereocenters. The normalized spacial score (nSPS) is 13.5. The molecule has 0 saturated heterocycles. The molecule has 1 aromatic carbocycles. The molecule has 0 amide bonds. The maximum Gasteiger partial charge on any atom is 0.225 e. The summed E-state index contributed by atoms with van der Waals surface area (Å²) in [6.07, 6.45) is 5.80. The number of nitrogens with one attached hydrogen (secondary N) is 2. The standard InChI is InChI=1S/C19H18FN5/c20-15-3-1-13(2-4-15)12-22-18-11-17(14-7-9-21-10-8-14)24-19(25-18)23-16-5-6-16/h1-4,7-11,16H,5-6,12H2,(H2,22,23,24,25). The number of nitrogens with zero attached hydrogens (tertiary/aromatic N) is 3. The highest BCUT2D eigenvalue weighted by atomic mass is 19.1. The number of halogens is 1. The molecular weight excluding hydrogens is 317 g/mol. The van der Waals surface area contributed by atoms with Crippen LogP contribution in [0.5, 0.6) is 0 Å². The van der Waals surface area contributed by atoms with Crippen LogP contribution >= 0.6 is 0 Å². The van der Waals surface area contributed by atoms with Gasteiger partial charge in [-0.2, -0.15) is 4.98 Å². The monoisotopic (exact) mass is 335 g/mol. The summed E-state index contributed by atoms with van der Waals surface area (Å²) in [6.45, 7) is 0.565. The predicted octanol–water partition coefficient (Wildman–Crippen LogP) is 3.86. The minimum atomic E-state index is -0.235. The van der Waals surface area contributed by atoms with Crippen molar-refractivity contribution in [1.82, 2.24) is 15.0 Å². The molecule has 0 aliphatic heterocycles. The lowest BCUT2D eigenvalue weighted by atomic mass is 10.2. The molecule has 0 bridgehead atoms. The summed E-state index contributed by atoms with van der Waals surface area (Å²) >= 11 is 0. The molecule has 4 rings (SSSR count). The third-order valence-corrected chi connectivity index (χ3v) is 4.00. The molecule has 0 atom stereocenters. The van der Waals surface area contributed by atoms with Crippen LogP contribution in [-0.2, 0) is 6.54 Å². The number of benzene rings is 1. The summed E-state index contributed by atoms with van der Waals surface area (Å²) in [4.78, 5) is 13.2. The smallest absolute Gasteiger partial charge is 0.225 e. The van der Waals surface area contributed by atoms with Crippen LogP contribution < -0.4 is 10.6 Å². The van der Waals surface area contributed by atoms with E-state index in [0.29, 0.717) is 18.5 Å². The van der Waals surface area contributed by atoms with E-state index in [0.717, 1.165) is 35.5 Å². The van der Waals surface area contributed by atoms with Gasteiger partial charge in [0, 0.05) is 36.6 Å². The van der Waals surface area contributed by atoms with E-state index in [4.69, 9.17) is 0 Å². The van der Waals surface area contributed by atoms with E-state index < -0.39 is 0 Å². The van der Waals surface area contributed by atoms with Gasteiger partial charge in [-0.25, -0.2) is 9.37 Å². The van der Waals surface area contributed by atoms with Gasteiger partial charge in [-0.3, -0.25) is 4.98 Å². The second-order valence-electron chi connectivity index (χ2n) is 6.10. The Morgan fingerprint density at radius 2 is 1.76 bits per heavy atom. The minimum Gasteiger partial charge on any atom is -0.366 e. The van der Waals surface area contributed by atoms with Crippen molar-refractivity contribution < 1.29 is 4.39 Å². The van der Waals surface area contributed by atoms with Crippen LogP contribution in [0.25, 0.3) is 11.3 Å². The second-order valence-corrected chi connectivity index (χ2v) is 6.10. The molecule has 0 radical (unpaired) electrons. The first-order valence-electron chi connectivity index (χ1n) is 8.30. The van der Waals surface area contributed by atoms with E-state index in [1.165, 1.54) is 12.1 Å². The van der Waals surface area contributed by atoms with Gasteiger partial charge in [0.15, 0.2) is 0 Å². The van der Waals surface area contributed by atoms with Crippen LogP contribution in [0.3, 0.4) is 0 Å². The van der Waals surface area contributed by atoms with Crippen LogP contribution in [0.2, 0.25) is 0 Å². The topological polar surface area (TPSA) is 62.7 Å². The van der Waals surface area contributed by atoms with E-state index in [9.17, 15) is 4.39 Å². The summed E-state index contributed by atoms with van der Waals surface area (Å²) in [5.41, 5.74) is 2.81. The Bertz CT molecular complexity index is 847. The van der Waals surface area contributed by atoms with Crippen molar-refractivity contribution in [2.24, 2.45) is 0 Å². The molecule has 5 nitrogen and oxygen atoms in total. The lowest BCUT2D eigenvalue weighted by Crippen LogP contribution is -2.09. The fourth-order valence-electron chi connectivity index (χ4n) is 2.48. The molecular formula is C19H18FN5. The Hall–Kier alpha value is -3.02. The summed E-state index contributed by atoms with van der Waals surface area (Å²) in [5, 5.41) is 6.64. The van der Waals surface area contributed by atoms with E-state index >= 15 is 0 Å². The fraction of sp³-hybridized carbons (Fsp3) is 0.211. The number of pyridine rings is 1. The summed E-state index contributed by atoms with van der Waals surface area (Å²) in [7, 11) is 0. The number of aromatic nitrogens is 3. The largest absolute Gasteiger partial charge is 0.366 e.